The van der Waals surface area contributed by atoms with Gasteiger partial charge in [0.25, 0.3) is 5.91 Å². The molecule has 3 rings (SSSR count). The van der Waals surface area contributed by atoms with Gasteiger partial charge < -0.3 is 10.0 Å². The van der Waals surface area contributed by atoms with E-state index in [0.29, 0.717) is 24.2 Å². The zero-order valence-electron chi connectivity index (χ0n) is 13.4. The minimum atomic E-state index is -3.32. The number of hydrogen-bond donors (Lipinski definition) is 1. The van der Waals surface area contributed by atoms with Gasteiger partial charge in [0.15, 0.2) is 0 Å². The standard InChI is InChI=1S/C16H20N2O5S/c1-11(16(20)21)18(13-6-7-13)15(19)12-4-2-5-14(10-12)17-8-3-9-24(17,22)23/h2,4-5,10-11,13H,3,6-9H2,1H3,(H,20,21). The average Bonchev–Trinajstić information content (AvgIpc) is 3.30. The van der Waals surface area contributed by atoms with E-state index in [-0.39, 0.29) is 17.7 Å². The molecule has 24 heavy (non-hydrogen) atoms. The van der Waals surface area contributed by atoms with Gasteiger partial charge in [-0.2, -0.15) is 0 Å². The Bertz CT molecular complexity index is 772. The van der Waals surface area contributed by atoms with Crippen LogP contribution in [0, 0.1) is 0 Å². The Morgan fingerprint density at radius 1 is 1.33 bits per heavy atom. The molecular weight excluding hydrogens is 332 g/mol. The molecule has 0 radical (unpaired) electrons. The summed E-state index contributed by atoms with van der Waals surface area (Å²) in [6.45, 7) is 1.89. The third-order valence-corrected chi connectivity index (χ3v) is 6.30. The highest BCUT2D eigenvalue weighted by Gasteiger charge is 2.39. The van der Waals surface area contributed by atoms with Crippen LogP contribution in [0.3, 0.4) is 0 Å². The zero-order chi connectivity index (χ0) is 17.5. The quantitative estimate of drug-likeness (QED) is 0.862. The first kappa shape index (κ1) is 16.8. The molecule has 1 aliphatic carbocycles. The predicted molar refractivity (Wildman–Crippen MR) is 88.5 cm³/mol. The molecule has 0 spiro atoms. The van der Waals surface area contributed by atoms with Gasteiger partial charge in [0.05, 0.1) is 11.4 Å². The van der Waals surface area contributed by atoms with Crippen LogP contribution >= 0.6 is 0 Å². The lowest BCUT2D eigenvalue weighted by Crippen LogP contribution is -2.44. The minimum absolute atomic E-state index is 0.0530. The summed E-state index contributed by atoms with van der Waals surface area (Å²) >= 11 is 0. The number of carbonyl (C=O) groups is 2. The number of amides is 1. The molecule has 1 atom stereocenters. The first-order chi connectivity index (χ1) is 11.3. The van der Waals surface area contributed by atoms with Crippen molar-refractivity contribution in [2.45, 2.75) is 38.3 Å². The molecule has 1 N–H and O–H groups in total. The van der Waals surface area contributed by atoms with Crippen molar-refractivity contribution in [2.75, 3.05) is 16.6 Å². The molecule has 7 nitrogen and oxygen atoms in total. The second kappa shape index (κ2) is 6.08. The first-order valence-corrected chi connectivity index (χ1v) is 9.58. The SMILES string of the molecule is CC(C(=O)O)N(C(=O)c1cccc(N2CCCS2(=O)=O)c1)C1CC1. The van der Waals surface area contributed by atoms with Crippen LogP contribution in [-0.4, -0.2) is 54.7 Å². The van der Waals surface area contributed by atoms with Crippen molar-refractivity contribution in [3.05, 3.63) is 29.8 Å². The van der Waals surface area contributed by atoms with Gasteiger partial charge >= 0.3 is 5.97 Å². The van der Waals surface area contributed by atoms with Crippen molar-refractivity contribution in [1.29, 1.82) is 0 Å². The van der Waals surface area contributed by atoms with E-state index in [2.05, 4.69) is 0 Å². The summed E-state index contributed by atoms with van der Waals surface area (Å²) < 4.78 is 25.4. The second-order valence-corrected chi connectivity index (χ2v) is 8.26. The highest BCUT2D eigenvalue weighted by atomic mass is 32.2. The molecule has 1 saturated heterocycles. The van der Waals surface area contributed by atoms with Crippen LogP contribution in [-0.2, 0) is 14.8 Å². The fraction of sp³-hybridized carbons (Fsp3) is 0.500. The van der Waals surface area contributed by atoms with Gasteiger partial charge in [-0.1, -0.05) is 6.07 Å². The number of carboxylic acids is 1. The largest absolute Gasteiger partial charge is 0.480 e. The number of carbonyl (C=O) groups excluding carboxylic acids is 1. The average molecular weight is 352 g/mol. The maximum Gasteiger partial charge on any atom is 0.326 e. The highest BCUT2D eigenvalue weighted by molar-refractivity contribution is 7.93. The van der Waals surface area contributed by atoms with Crippen LogP contribution in [0.2, 0.25) is 0 Å². The molecule has 2 fully saturated rings. The third-order valence-electron chi connectivity index (χ3n) is 4.43. The Kier molecular flexibility index (Phi) is 4.25. The van der Waals surface area contributed by atoms with Gasteiger partial charge in [0.2, 0.25) is 10.0 Å². The third kappa shape index (κ3) is 3.10. The normalized spacial score (nSPS) is 20.6. The maximum absolute atomic E-state index is 12.8. The Morgan fingerprint density at radius 2 is 2.04 bits per heavy atom. The Balaban J connectivity index is 1.90. The van der Waals surface area contributed by atoms with Crippen LogP contribution < -0.4 is 4.31 Å². The number of sulfonamides is 1. The number of aliphatic carboxylic acids is 1. The minimum Gasteiger partial charge on any atom is -0.480 e. The van der Waals surface area contributed by atoms with Crippen molar-refractivity contribution in [3.63, 3.8) is 0 Å². The van der Waals surface area contributed by atoms with Crippen LogP contribution in [0.15, 0.2) is 24.3 Å². The van der Waals surface area contributed by atoms with Gasteiger partial charge in [-0.05, 0) is 44.4 Å². The lowest BCUT2D eigenvalue weighted by Gasteiger charge is -2.27. The predicted octanol–water partition coefficient (Wildman–Crippen LogP) is 1.30. The first-order valence-electron chi connectivity index (χ1n) is 7.97. The van der Waals surface area contributed by atoms with Crippen molar-refractivity contribution in [2.24, 2.45) is 0 Å². The fourth-order valence-corrected chi connectivity index (χ4v) is 4.56. The van der Waals surface area contributed by atoms with Crippen molar-refractivity contribution >= 4 is 27.6 Å². The Hall–Kier alpha value is -2.09. The highest BCUT2D eigenvalue weighted by Crippen LogP contribution is 2.31. The summed E-state index contributed by atoms with van der Waals surface area (Å²) in [5.74, 6) is -1.31. The van der Waals surface area contributed by atoms with Crippen LogP contribution in [0.4, 0.5) is 5.69 Å². The summed E-state index contributed by atoms with van der Waals surface area (Å²) in [6, 6.07) is 5.45. The van der Waals surface area contributed by atoms with Crippen molar-refractivity contribution in [3.8, 4) is 0 Å². The molecule has 1 aromatic rings. The lowest BCUT2D eigenvalue weighted by atomic mass is 10.1. The smallest absolute Gasteiger partial charge is 0.326 e. The summed E-state index contributed by atoms with van der Waals surface area (Å²) in [4.78, 5) is 25.5. The molecule has 0 bridgehead atoms. The fourth-order valence-electron chi connectivity index (χ4n) is 3.00. The maximum atomic E-state index is 12.8. The van der Waals surface area contributed by atoms with E-state index in [1.807, 2.05) is 0 Å². The second-order valence-electron chi connectivity index (χ2n) is 6.25. The van der Waals surface area contributed by atoms with E-state index in [0.717, 1.165) is 12.8 Å². The summed E-state index contributed by atoms with van der Waals surface area (Å²) in [6.07, 6.45) is 2.15. The molecule has 1 heterocycles. The van der Waals surface area contributed by atoms with Gasteiger partial charge in [-0.15, -0.1) is 0 Å². The summed E-state index contributed by atoms with van der Waals surface area (Å²) in [5.41, 5.74) is 0.770. The van der Waals surface area contributed by atoms with Crippen LogP contribution in [0.1, 0.15) is 36.5 Å². The molecule has 8 heteroatoms. The number of benzene rings is 1. The van der Waals surface area contributed by atoms with E-state index in [1.54, 1.807) is 18.2 Å². The lowest BCUT2D eigenvalue weighted by molar-refractivity contribution is -0.141. The van der Waals surface area contributed by atoms with E-state index >= 15 is 0 Å². The monoisotopic (exact) mass is 352 g/mol. The number of rotatable bonds is 5. The van der Waals surface area contributed by atoms with Gasteiger partial charge in [-0.25, -0.2) is 13.2 Å². The Labute approximate surface area is 140 Å². The molecule has 1 amide bonds. The van der Waals surface area contributed by atoms with E-state index in [1.165, 1.54) is 22.2 Å². The van der Waals surface area contributed by atoms with E-state index in [4.69, 9.17) is 0 Å². The number of hydrogen-bond acceptors (Lipinski definition) is 4. The van der Waals surface area contributed by atoms with E-state index < -0.39 is 22.0 Å². The van der Waals surface area contributed by atoms with E-state index in [9.17, 15) is 23.1 Å². The molecule has 130 valence electrons. The molecule has 1 unspecified atom stereocenters. The number of anilines is 1. The topological polar surface area (TPSA) is 95.0 Å². The molecule has 0 aromatic heterocycles. The molecule has 1 aliphatic heterocycles. The molecule has 1 saturated carbocycles. The van der Waals surface area contributed by atoms with Crippen LogP contribution in [0.5, 0.6) is 0 Å². The Morgan fingerprint density at radius 3 is 2.58 bits per heavy atom. The number of nitrogens with zero attached hydrogens (tertiary/aromatic N) is 2. The number of carboxylic acid groups (broad SMARTS) is 1. The molecule has 2 aliphatic rings. The van der Waals surface area contributed by atoms with Gasteiger partial charge in [0, 0.05) is 18.2 Å². The van der Waals surface area contributed by atoms with Crippen molar-refractivity contribution in [1.82, 2.24) is 4.90 Å². The molecular formula is C16H20N2O5S. The summed E-state index contributed by atoms with van der Waals surface area (Å²) in [7, 11) is -3.32. The zero-order valence-corrected chi connectivity index (χ0v) is 14.2. The molecule has 1 aromatic carbocycles. The summed E-state index contributed by atoms with van der Waals surface area (Å²) in [5, 5.41) is 9.24. The van der Waals surface area contributed by atoms with Crippen LogP contribution in [0.25, 0.3) is 0 Å². The van der Waals surface area contributed by atoms with Gasteiger partial charge in [-0.3, -0.25) is 9.10 Å². The van der Waals surface area contributed by atoms with Crippen molar-refractivity contribution < 1.29 is 23.1 Å². The van der Waals surface area contributed by atoms with Gasteiger partial charge in [0.1, 0.15) is 6.04 Å².